The molecule has 0 fully saturated rings. The van der Waals surface area contributed by atoms with E-state index in [-0.39, 0.29) is 18.0 Å². The molecule has 0 saturated carbocycles. The number of nitrogens with zero attached hydrogens (tertiary/aromatic N) is 3. The highest BCUT2D eigenvalue weighted by atomic mass is 32.2. The van der Waals surface area contributed by atoms with Crippen LogP contribution in [0.25, 0.3) is 16.9 Å². The monoisotopic (exact) mass is 488 g/mol. The van der Waals surface area contributed by atoms with Gasteiger partial charge in [0, 0.05) is 24.0 Å². The van der Waals surface area contributed by atoms with E-state index >= 15 is 0 Å². The highest BCUT2D eigenvalue weighted by Crippen LogP contribution is 2.25. The van der Waals surface area contributed by atoms with Gasteiger partial charge in [-0.05, 0) is 43.7 Å². The molecule has 0 saturated heterocycles. The summed E-state index contributed by atoms with van der Waals surface area (Å²) in [5, 5.41) is 2.82. The van der Waals surface area contributed by atoms with Crippen LogP contribution >= 0.6 is 0 Å². The predicted octanol–water partition coefficient (Wildman–Crippen LogP) is 4.81. The number of carbonyl (C=O) groups is 1. The van der Waals surface area contributed by atoms with E-state index < -0.39 is 15.9 Å². The van der Waals surface area contributed by atoms with Crippen LogP contribution in [0.1, 0.15) is 18.1 Å². The Bertz CT molecular complexity index is 1430. The second-order valence-electron chi connectivity index (χ2n) is 8.32. The van der Waals surface area contributed by atoms with E-state index in [0.717, 1.165) is 26.7 Å². The van der Waals surface area contributed by atoms with Crippen LogP contribution in [0.4, 0.5) is 5.95 Å². The van der Waals surface area contributed by atoms with Crippen LogP contribution in [-0.4, -0.2) is 41.3 Å². The van der Waals surface area contributed by atoms with Gasteiger partial charge in [0.2, 0.25) is 21.9 Å². The van der Waals surface area contributed by atoms with Crippen molar-refractivity contribution < 1.29 is 13.2 Å². The molecule has 3 aromatic carbocycles. The molecule has 0 aliphatic heterocycles. The Morgan fingerprint density at radius 3 is 2.31 bits per heavy atom. The van der Waals surface area contributed by atoms with Crippen molar-refractivity contribution in [2.75, 3.05) is 18.4 Å². The lowest BCUT2D eigenvalue weighted by molar-refractivity contribution is -0.116. The van der Waals surface area contributed by atoms with Gasteiger partial charge in [0.1, 0.15) is 0 Å². The maximum absolute atomic E-state index is 13.1. The molecule has 8 heteroatoms. The number of hydrogen-bond donors (Lipinski definition) is 1. The molecule has 1 heterocycles. The third-order valence-electron chi connectivity index (χ3n) is 5.64. The Balaban J connectivity index is 1.62. The number of amides is 1. The maximum atomic E-state index is 13.1. The number of rotatable bonds is 8. The van der Waals surface area contributed by atoms with E-state index in [0.29, 0.717) is 11.6 Å². The highest BCUT2D eigenvalue weighted by Gasteiger charge is 2.26. The van der Waals surface area contributed by atoms with Gasteiger partial charge in [-0.3, -0.25) is 14.7 Å². The van der Waals surface area contributed by atoms with Crippen molar-refractivity contribution in [1.29, 1.82) is 0 Å². The SMILES string of the molecule is CCN(CC(=O)Nc1nc(-c2ccccc2)cn1-c1cccc(C)c1)S(=O)(=O)c1ccc(C)cc1. The van der Waals surface area contributed by atoms with Gasteiger partial charge in [0.15, 0.2) is 0 Å². The van der Waals surface area contributed by atoms with Gasteiger partial charge in [-0.2, -0.15) is 4.31 Å². The Labute approximate surface area is 206 Å². The van der Waals surface area contributed by atoms with Crippen molar-refractivity contribution >= 4 is 21.9 Å². The minimum atomic E-state index is -3.82. The quantitative estimate of drug-likeness (QED) is 0.386. The van der Waals surface area contributed by atoms with E-state index in [1.807, 2.05) is 74.6 Å². The van der Waals surface area contributed by atoms with E-state index in [9.17, 15) is 13.2 Å². The lowest BCUT2D eigenvalue weighted by Crippen LogP contribution is -2.38. The maximum Gasteiger partial charge on any atom is 0.243 e. The molecular formula is C27H28N4O3S. The third-order valence-corrected chi connectivity index (χ3v) is 7.57. The molecule has 0 aliphatic rings. The number of hydrogen-bond acceptors (Lipinski definition) is 4. The minimum absolute atomic E-state index is 0.158. The van der Waals surface area contributed by atoms with Crippen LogP contribution in [0.2, 0.25) is 0 Å². The first-order valence-electron chi connectivity index (χ1n) is 11.4. The standard InChI is InChI=1S/C27H28N4O3S/c1-4-30(35(33,34)24-15-13-20(2)14-16-24)19-26(32)29-27-28-25(22-10-6-5-7-11-22)18-31(27)23-12-8-9-21(3)17-23/h5-18H,4,19H2,1-3H3,(H,28,29,32). The number of sulfonamides is 1. The summed E-state index contributed by atoms with van der Waals surface area (Å²) in [4.78, 5) is 17.8. The largest absolute Gasteiger partial charge is 0.294 e. The molecule has 35 heavy (non-hydrogen) atoms. The third kappa shape index (κ3) is 5.50. The summed E-state index contributed by atoms with van der Waals surface area (Å²) in [6.07, 6.45) is 1.86. The molecular weight excluding hydrogens is 460 g/mol. The van der Waals surface area contributed by atoms with Gasteiger partial charge in [-0.1, -0.05) is 67.1 Å². The van der Waals surface area contributed by atoms with Crippen LogP contribution in [0.15, 0.2) is 90.0 Å². The van der Waals surface area contributed by atoms with E-state index in [1.165, 1.54) is 0 Å². The summed E-state index contributed by atoms with van der Waals surface area (Å²) in [6, 6.07) is 24.1. The van der Waals surface area contributed by atoms with Gasteiger partial charge >= 0.3 is 0 Å². The fourth-order valence-electron chi connectivity index (χ4n) is 3.74. The first-order valence-corrected chi connectivity index (χ1v) is 12.8. The highest BCUT2D eigenvalue weighted by molar-refractivity contribution is 7.89. The zero-order chi connectivity index (χ0) is 25.0. The second-order valence-corrected chi connectivity index (χ2v) is 10.3. The molecule has 180 valence electrons. The van der Waals surface area contributed by atoms with Crippen LogP contribution in [0, 0.1) is 13.8 Å². The Hall–Kier alpha value is -3.75. The molecule has 0 bridgehead atoms. The molecule has 0 atom stereocenters. The number of nitrogens with one attached hydrogen (secondary N) is 1. The van der Waals surface area contributed by atoms with Gasteiger partial charge in [-0.15, -0.1) is 0 Å². The fourth-order valence-corrected chi connectivity index (χ4v) is 5.15. The van der Waals surface area contributed by atoms with Crippen molar-refractivity contribution in [2.24, 2.45) is 0 Å². The lowest BCUT2D eigenvalue weighted by Gasteiger charge is -2.20. The summed E-state index contributed by atoms with van der Waals surface area (Å²) in [5.74, 6) is -0.148. The first kappa shape index (κ1) is 24.4. The number of imidazole rings is 1. The van der Waals surface area contributed by atoms with Gasteiger partial charge in [0.05, 0.1) is 17.1 Å². The zero-order valence-electron chi connectivity index (χ0n) is 20.0. The average Bonchev–Trinajstić information content (AvgIpc) is 3.27. The molecule has 1 aromatic heterocycles. The van der Waals surface area contributed by atoms with E-state index in [4.69, 9.17) is 0 Å². The molecule has 0 radical (unpaired) electrons. The molecule has 0 aliphatic carbocycles. The fraction of sp³-hybridized carbons (Fsp3) is 0.185. The Morgan fingerprint density at radius 1 is 0.943 bits per heavy atom. The Morgan fingerprint density at radius 2 is 1.66 bits per heavy atom. The van der Waals surface area contributed by atoms with Crippen molar-refractivity contribution in [3.8, 4) is 16.9 Å². The summed E-state index contributed by atoms with van der Waals surface area (Å²) >= 11 is 0. The van der Waals surface area contributed by atoms with Crippen LogP contribution in [0.5, 0.6) is 0 Å². The second kappa shape index (κ2) is 10.2. The minimum Gasteiger partial charge on any atom is -0.294 e. The van der Waals surface area contributed by atoms with Crippen molar-refractivity contribution in [3.63, 3.8) is 0 Å². The van der Waals surface area contributed by atoms with Crippen molar-refractivity contribution in [3.05, 3.63) is 96.2 Å². The molecule has 0 unspecified atom stereocenters. The molecule has 0 spiro atoms. The number of anilines is 1. The Kier molecular flexibility index (Phi) is 7.14. The van der Waals surface area contributed by atoms with Gasteiger partial charge < -0.3 is 0 Å². The van der Waals surface area contributed by atoms with Crippen LogP contribution in [-0.2, 0) is 14.8 Å². The zero-order valence-corrected chi connectivity index (χ0v) is 20.8. The number of benzene rings is 3. The summed E-state index contributed by atoms with van der Waals surface area (Å²) in [5.41, 5.74) is 4.47. The van der Waals surface area contributed by atoms with E-state index in [1.54, 1.807) is 35.8 Å². The normalized spacial score (nSPS) is 11.5. The van der Waals surface area contributed by atoms with Crippen molar-refractivity contribution in [1.82, 2.24) is 13.9 Å². The van der Waals surface area contributed by atoms with Crippen LogP contribution < -0.4 is 5.32 Å². The molecule has 4 rings (SSSR count). The number of likely N-dealkylation sites (N-methyl/N-ethyl adjacent to an activating group) is 1. The average molecular weight is 489 g/mol. The summed E-state index contributed by atoms with van der Waals surface area (Å²) in [7, 11) is -3.82. The predicted molar refractivity (Wildman–Crippen MR) is 138 cm³/mol. The molecule has 7 nitrogen and oxygen atoms in total. The lowest BCUT2D eigenvalue weighted by atomic mass is 10.2. The molecule has 1 amide bonds. The van der Waals surface area contributed by atoms with Crippen LogP contribution in [0.3, 0.4) is 0 Å². The number of carbonyl (C=O) groups excluding carboxylic acids is 1. The van der Waals surface area contributed by atoms with Crippen molar-refractivity contribution in [2.45, 2.75) is 25.7 Å². The number of aryl methyl sites for hydroxylation is 2. The van der Waals surface area contributed by atoms with E-state index in [2.05, 4.69) is 10.3 Å². The van der Waals surface area contributed by atoms with Gasteiger partial charge in [-0.25, -0.2) is 13.4 Å². The van der Waals surface area contributed by atoms with Gasteiger partial charge in [0.25, 0.3) is 0 Å². The smallest absolute Gasteiger partial charge is 0.243 e. The number of aromatic nitrogens is 2. The molecule has 4 aromatic rings. The molecule has 1 N–H and O–H groups in total. The topological polar surface area (TPSA) is 84.3 Å². The summed E-state index contributed by atoms with van der Waals surface area (Å²) in [6.45, 7) is 5.42. The first-order chi connectivity index (χ1) is 16.8. The summed E-state index contributed by atoms with van der Waals surface area (Å²) < 4.78 is 29.2.